The molecule has 0 spiro atoms. The second-order valence-corrected chi connectivity index (χ2v) is 7.88. The summed E-state index contributed by atoms with van der Waals surface area (Å²) in [6.45, 7) is -0.303. The Bertz CT molecular complexity index is 852. The van der Waals surface area contributed by atoms with E-state index in [1.54, 1.807) is 6.07 Å². The Kier molecular flexibility index (Phi) is 6.03. The smallest absolute Gasteiger partial charge is 0.337 e. The van der Waals surface area contributed by atoms with Crippen molar-refractivity contribution < 1.29 is 27.9 Å². The minimum absolute atomic E-state index is 0.0270. The molecule has 0 unspecified atom stereocenters. The summed E-state index contributed by atoms with van der Waals surface area (Å²) in [6.07, 6.45) is 0. The molecular formula is C14H16IN3O6S. The van der Waals surface area contributed by atoms with E-state index in [-0.39, 0.29) is 41.5 Å². The lowest BCUT2D eigenvalue weighted by Gasteiger charge is -2.15. The van der Waals surface area contributed by atoms with Crippen LogP contribution in [0.5, 0.6) is 0 Å². The van der Waals surface area contributed by atoms with Gasteiger partial charge < -0.3 is 20.1 Å². The Morgan fingerprint density at radius 1 is 1.48 bits per heavy atom. The van der Waals surface area contributed by atoms with Crippen LogP contribution >= 0.6 is 22.6 Å². The number of aliphatic hydroxyl groups excluding tert-OH is 1. The minimum atomic E-state index is -4.05. The molecule has 25 heavy (non-hydrogen) atoms. The fourth-order valence-electron chi connectivity index (χ4n) is 2.32. The lowest BCUT2D eigenvalue weighted by atomic mass is 10.2. The molecule has 0 saturated heterocycles. The maximum absolute atomic E-state index is 12.5. The van der Waals surface area contributed by atoms with Crippen molar-refractivity contribution in [1.82, 2.24) is 4.90 Å². The molecule has 0 aliphatic carbocycles. The molecule has 2 rings (SSSR count). The number of amides is 1. The van der Waals surface area contributed by atoms with Gasteiger partial charge in [0.25, 0.3) is 5.91 Å². The van der Waals surface area contributed by atoms with E-state index in [9.17, 15) is 18.0 Å². The van der Waals surface area contributed by atoms with E-state index in [1.807, 2.05) is 22.6 Å². The van der Waals surface area contributed by atoms with Crippen LogP contribution in [0.15, 0.2) is 34.4 Å². The standard InChI is InChI=1S/C14H16IN3O6S/c1-24-14(21)9-7-18(4-5-19)13(20)12(9)17-10-3-2-8(15)6-11(10)25(16,22)23/h2-3,6,17,19H,4-5,7H2,1H3,(H2,16,22,23). The topological polar surface area (TPSA) is 139 Å². The van der Waals surface area contributed by atoms with E-state index in [2.05, 4.69) is 10.1 Å². The molecule has 136 valence electrons. The quantitative estimate of drug-likeness (QED) is 0.372. The number of hydrogen-bond acceptors (Lipinski definition) is 7. The maximum Gasteiger partial charge on any atom is 0.337 e. The molecule has 1 aliphatic heterocycles. The zero-order valence-electron chi connectivity index (χ0n) is 13.2. The number of nitrogens with one attached hydrogen (secondary N) is 1. The zero-order chi connectivity index (χ0) is 18.8. The Morgan fingerprint density at radius 3 is 2.72 bits per heavy atom. The van der Waals surface area contributed by atoms with Crippen molar-refractivity contribution >= 4 is 50.2 Å². The lowest BCUT2D eigenvalue weighted by Crippen LogP contribution is -2.31. The average Bonchev–Trinajstić information content (AvgIpc) is 2.84. The Morgan fingerprint density at radius 2 is 2.16 bits per heavy atom. The van der Waals surface area contributed by atoms with Gasteiger partial charge in [-0.2, -0.15) is 0 Å². The van der Waals surface area contributed by atoms with Crippen molar-refractivity contribution in [3.8, 4) is 0 Å². The third kappa shape index (κ3) is 4.29. The molecule has 0 atom stereocenters. The summed E-state index contributed by atoms with van der Waals surface area (Å²) < 4.78 is 28.9. The highest BCUT2D eigenvalue weighted by Crippen LogP contribution is 2.28. The first-order chi connectivity index (χ1) is 11.7. The van der Waals surface area contributed by atoms with Crippen LogP contribution in [-0.2, 0) is 24.3 Å². The van der Waals surface area contributed by atoms with E-state index >= 15 is 0 Å². The number of nitrogens with zero attached hydrogens (tertiary/aromatic N) is 1. The Labute approximate surface area is 158 Å². The fraction of sp³-hybridized carbons (Fsp3) is 0.286. The van der Waals surface area contributed by atoms with E-state index in [0.29, 0.717) is 3.57 Å². The molecule has 0 fully saturated rings. The predicted octanol–water partition coefficient (Wildman–Crippen LogP) is -0.388. The van der Waals surface area contributed by atoms with Crippen LogP contribution in [-0.4, -0.2) is 57.1 Å². The number of carbonyl (C=O) groups is 2. The largest absolute Gasteiger partial charge is 0.466 e. The summed E-state index contributed by atoms with van der Waals surface area (Å²) in [7, 11) is -2.88. The van der Waals surface area contributed by atoms with Gasteiger partial charge in [-0.1, -0.05) is 0 Å². The van der Waals surface area contributed by atoms with Crippen molar-refractivity contribution in [2.45, 2.75) is 4.90 Å². The number of benzene rings is 1. The van der Waals surface area contributed by atoms with Gasteiger partial charge in [0.05, 0.1) is 31.5 Å². The average molecular weight is 481 g/mol. The molecule has 0 radical (unpaired) electrons. The van der Waals surface area contributed by atoms with Crippen molar-refractivity contribution in [2.75, 3.05) is 32.1 Å². The zero-order valence-corrected chi connectivity index (χ0v) is 16.1. The number of rotatable bonds is 6. The molecule has 1 heterocycles. The number of sulfonamides is 1. The highest BCUT2D eigenvalue weighted by Gasteiger charge is 2.35. The number of anilines is 1. The molecule has 0 aromatic heterocycles. The molecule has 1 aliphatic rings. The van der Waals surface area contributed by atoms with Crippen LogP contribution in [0, 0.1) is 3.57 Å². The van der Waals surface area contributed by atoms with Gasteiger partial charge in [-0.25, -0.2) is 18.4 Å². The van der Waals surface area contributed by atoms with E-state index in [1.165, 1.54) is 24.1 Å². The van der Waals surface area contributed by atoms with Crippen molar-refractivity contribution in [1.29, 1.82) is 0 Å². The monoisotopic (exact) mass is 481 g/mol. The van der Waals surface area contributed by atoms with E-state index < -0.39 is 21.9 Å². The summed E-state index contributed by atoms with van der Waals surface area (Å²) in [5, 5.41) is 17.0. The first kappa shape index (κ1) is 19.6. The molecule has 1 amide bonds. The van der Waals surface area contributed by atoms with Crippen molar-refractivity contribution in [3.63, 3.8) is 0 Å². The number of β-amino-alcohol motifs (C(OH)–C–C–N with tert-alkyl or cyclic N) is 1. The molecule has 1 aromatic carbocycles. The molecular weight excluding hydrogens is 465 g/mol. The molecule has 0 saturated carbocycles. The molecule has 11 heteroatoms. The molecule has 1 aromatic rings. The summed E-state index contributed by atoms with van der Waals surface area (Å²) in [5.41, 5.74) is 0.00444. The maximum atomic E-state index is 12.5. The van der Waals surface area contributed by atoms with Crippen molar-refractivity contribution in [2.24, 2.45) is 5.14 Å². The summed E-state index contributed by atoms with van der Waals surface area (Å²) >= 11 is 1.93. The van der Waals surface area contributed by atoms with Crippen LogP contribution in [0.25, 0.3) is 0 Å². The van der Waals surface area contributed by atoms with Crippen LogP contribution in [0.4, 0.5) is 5.69 Å². The first-order valence-electron chi connectivity index (χ1n) is 7.00. The van der Waals surface area contributed by atoms with Crippen LogP contribution in [0.1, 0.15) is 0 Å². The number of ether oxygens (including phenoxy) is 1. The second-order valence-electron chi connectivity index (χ2n) is 5.11. The summed E-state index contributed by atoms with van der Waals surface area (Å²) in [6, 6.07) is 4.42. The van der Waals surface area contributed by atoms with Gasteiger partial charge in [0.2, 0.25) is 10.0 Å². The third-order valence-electron chi connectivity index (χ3n) is 3.46. The van der Waals surface area contributed by atoms with Gasteiger partial charge >= 0.3 is 5.97 Å². The van der Waals surface area contributed by atoms with Gasteiger partial charge in [0, 0.05) is 10.1 Å². The van der Waals surface area contributed by atoms with Gasteiger partial charge in [-0.05, 0) is 40.8 Å². The van der Waals surface area contributed by atoms with E-state index in [0.717, 1.165) is 0 Å². The number of aliphatic hydroxyl groups is 1. The van der Waals surface area contributed by atoms with Gasteiger partial charge in [0.1, 0.15) is 10.6 Å². The highest BCUT2D eigenvalue weighted by molar-refractivity contribution is 14.1. The normalized spacial score (nSPS) is 14.9. The number of halogens is 1. The number of methoxy groups -OCH3 is 1. The number of primary sulfonamides is 1. The van der Waals surface area contributed by atoms with Crippen LogP contribution < -0.4 is 10.5 Å². The van der Waals surface area contributed by atoms with Gasteiger partial charge in [-0.15, -0.1) is 0 Å². The first-order valence-corrected chi connectivity index (χ1v) is 9.62. The van der Waals surface area contributed by atoms with Gasteiger partial charge in [-0.3, -0.25) is 4.79 Å². The minimum Gasteiger partial charge on any atom is -0.466 e. The van der Waals surface area contributed by atoms with Crippen LogP contribution in [0.3, 0.4) is 0 Å². The Hall–Kier alpha value is -1.70. The SMILES string of the molecule is COC(=O)C1=C(Nc2ccc(I)cc2S(N)(=O)=O)C(=O)N(CCO)C1. The lowest BCUT2D eigenvalue weighted by molar-refractivity contribution is -0.136. The fourth-order valence-corrected chi connectivity index (χ4v) is 3.74. The third-order valence-corrected chi connectivity index (χ3v) is 5.09. The van der Waals surface area contributed by atoms with E-state index in [4.69, 9.17) is 10.2 Å². The second kappa shape index (κ2) is 7.68. The summed E-state index contributed by atoms with van der Waals surface area (Å²) in [4.78, 5) is 25.4. The van der Waals surface area contributed by atoms with Crippen molar-refractivity contribution in [3.05, 3.63) is 33.0 Å². The number of nitrogens with two attached hydrogens (primary N) is 1. The van der Waals surface area contributed by atoms with Gasteiger partial charge in [0.15, 0.2) is 0 Å². The molecule has 0 bridgehead atoms. The highest BCUT2D eigenvalue weighted by atomic mass is 127. The number of carbonyl (C=O) groups excluding carboxylic acids is 2. The number of esters is 1. The Balaban J connectivity index is 2.49. The van der Waals surface area contributed by atoms with Crippen LogP contribution in [0.2, 0.25) is 0 Å². The number of hydrogen-bond donors (Lipinski definition) is 3. The summed E-state index contributed by atoms with van der Waals surface area (Å²) in [5.74, 6) is -1.27. The predicted molar refractivity (Wildman–Crippen MR) is 96.9 cm³/mol. The molecule has 9 nitrogen and oxygen atoms in total. The molecule has 4 N–H and O–H groups in total.